The van der Waals surface area contributed by atoms with Crippen LogP contribution < -0.4 is 5.32 Å². The summed E-state index contributed by atoms with van der Waals surface area (Å²) in [7, 11) is 0. The van der Waals surface area contributed by atoms with E-state index >= 15 is 0 Å². The standard InChI is InChI=1S/C15H22N4S/c1-12-11-20-14(18-12)7-8-16-15-17-9-10-19(15)13-5-3-2-4-6-13/h9-11,13H,2-8H2,1H3,(H,16,17). The lowest BCUT2D eigenvalue weighted by Crippen LogP contribution is -2.16. The van der Waals surface area contributed by atoms with E-state index in [1.807, 2.05) is 13.1 Å². The van der Waals surface area contributed by atoms with Gasteiger partial charge < -0.3 is 9.88 Å². The Bertz CT molecular complexity index is 540. The zero-order valence-corrected chi connectivity index (χ0v) is 12.8. The predicted octanol–water partition coefficient (Wildman–Crippen LogP) is 3.81. The van der Waals surface area contributed by atoms with E-state index in [1.165, 1.54) is 37.1 Å². The van der Waals surface area contributed by atoms with Gasteiger partial charge in [-0.15, -0.1) is 11.3 Å². The number of aromatic nitrogens is 3. The third-order valence-corrected chi connectivity index (χ3v) is 4.95. The topological polar surface area (TPSA) is 42.7 Å². The van der Waals surface area contributed by atoms with Gasteiger partial charge >= 0.3 is 0 Å². The fourth-order valence-corrected chi connectivity index (χ4v) is 3.68. The molecule has 0 unspecified atom stereocenters. The van der Waals surface area contributed by atoms with Crippen LogP contribution in [0.3, 0.4) is 0 Å². The summed E-state index contributed by atoms with van der Waals surface area (Å²) in [5.41, 5.74) is 1.12. The SMILES string of the molecule is Cc1csc(CCNc2nccn2C2CCCCC2)n1. The van der Waals surface area contributed by atoms with E-state index in [0.717, 1.165) is 24.6 Å². The second kappa shape index (κ2) is 6.39. The highest BCUT2D eigenvalue weighted by atomic mass is 32.1. The molecule has 0 aliphatic heterocycles. The zero-order chi connectivity index (χ0) is 13.8. The van der Waals surface area contributed by atoms with Gasteiger partial charge in [-0.2, -0.15) is 0 Å². The summed E-state index contributed by atoms with van der Waals surface area (Å²) in [6.07, 6.45) is 11.7. The molecule has 0 radical (unpaired) electrons. The first kappa shape index (κ1) is 13.6. The highest BCUT2D eigenvalue weighted by Gasteiger charge is 2.17. The number of thiazole rings is 1. The van der Waals surface area contributed by atoms with Crippen molar-refractivity contribution < 1.29 is 0 Å². The minimum atomic E-state index is 0.635. The first-order chi connectivity index (χ1) is 9.83. The van der Waals surface area contributed by atoms with E-state index in [0.29, 0.717) is 6.04 Å². The van der Waals surface area contributed by atoms with Crippen LogP contribution in [0.2, 0.25) is 0 Å². The molecule has 1 aliphatic rings. The molecule has 2 aromatic heterocycles. The largest absolute Gasteiger partial charge is 0.355 e. The molecule has 1 fully saturated rings. The van der Waals surface area contributed by atoms with Gasteiger partial charge in [0, 0.05) is 42.5 Å². The van der Waals surface area contributed by atoms with E-state index in [-0.39, 0.29) is 0 Å². The Balaban J connectivity index is 1.56. The van der Waals surface area contributed by atoms with E-state index in [2.05, 4.69) is 31.4 Å². The van der Waals surface area contributed by atoms with Gasteiger partial charge in [0.05, 0.1) is 5.01 Å². The van der Waals surface area contributed by atoms with Crippen molar-refractivity contribution in [3.05, 3.63) is 28.5 Å². The Labute approximate surface area is 124 Å². The van der Waals surface area contributed by atoms with Crippen molar-refractivity contribution >= 4 is 17.3 Å². The number of nitrogens with one attached hydrogen (secondary N) is 1. The molecule has 1 aliphatic carbocycles. The molecule has 1 saturated carbocycles. The van der Waals surface area contributed by atoms with Crippen LogP contribution in [0.5, 0.6) is 0 Å². The van der Waals surface area contributed by atoms with Crippen LogP contribution in [0, 0.1) is 6.92 Å². The van der Waals surface area contributed by atoms with Crippen molar-refractivity contribution in [1.29, 1.82) is 0 Å². The molecule has 0 spiro atoms. The lowest BCUT2D eigenvalue weighted by Gasteiger charge is -2.24. The number of hydrogen-bond acceptors (Lipinski definition) is 4. The third-order valence-electron chi connectivity index (χ3n) is 3.93. The number of rotatable bonds is 5. The van der Waals surface area contributed by atoms with E-state index < -0.39 is 0 Å². The van der Waals surface area contributed by atoms with Crippen LogP contribution in [-0.2, 0) is 6.42 Å². The van der Waals surface area contributed by atoms with Gasteiger partial charge in [0.15, 0.2) is 0 Å². The van der Waals surface area contributed by atoms with Gasteiger partial charge in [0.1, 0.15) is 0 Å². The Hall–Kier alpha value is -1.36. The van der Waals surface area contributed by atoms with Gasteiger partial charge in [-0.3, -0.25) is 0 Å². The summed E-state index contributed by atoms with van der Waals surface area (Å²) in [4.78, 5) is 8.96. The molecular formula is C15H22N4S. The quantitative estimate of drug-likeness (QED) is 0.910. The van der Waals surface area contributed by atoms with Crippen molar-refractivity contribution in [2.45, 2.75) is 51.5 Å². The number of anilines is 1. The van der Waals surface area contributed by atoms with Crippen LogP contribution in [-0.4, -0.2) is 21.1 Å². The second-order valence-electron chi connectivity index (χ2n) is 5.51. The molecule has 5 heteroatoms. The third kappa shape index (κ3) is 3.20. The maximum absolute atomic E-state index is 4.49. The normalized spacial score (nSPS) is 16.4. The summed E-state index contributed by atoms with van der Waals surface area (Å²) in [6.45, 7) is 2.94. The lowest BCUT2D eigenvalue weighted by atomic mass is 9.95. The summed E-state index contributed by atoms with van der Waals surface area (Å²) in [5.74, 6) is 1.02. The van der Waals surface area contributed by atoms with Crippen LogP contribution in [0.15, 0.2) is 17.8 Å². The van der Waals surface area contributed by atoms with Gasteiger partial charge in [0.2, 0.25) is 5.95 Å². The first-order valence-corrected chi connectivity index (χ1v) is 8.38. The maximum atomic E-state index is 4.49. The maximum Gasteiger partial charge on any atom is 0.203 e. The fourth-order valence-electron chi connectivity index (χ4n) is 2.90. The van der Waals surface area contributed by atoms with Crippen LogP contribution in [0.1, 0.15) is 48.8 Å². The smallest absolute Gasteiger partial charge is 0.203 e. The highest BCUT2D eigenvalue weighted by Crippen LogP contribution is 2.30. The molecule has 1 N–H and O–H groups in total. The van der Waals surface area contributed by atoms with E-state index in [1.54, 1.807) is 11.3 Å². The average molecular weight is 290 g/mol. The first-order valence-electron chi connectivity index (χ1n) is 7.50. The van der Waals surface area contributed by atoms with E-state index in [9.17, 15) is 0 Å². The molecule has 20 heavy (non-hydrogen) atoms. The molecule has 0 atom stereocenters. The Morgan fingerprint density at radius 1 is 1.35 bits per heavy atom. The molecule has 3 rings (SSSR count). The van der Waals surface area contributed by atoms with E-state index in [4.69, 9.17) is 0 Å². The molecule has 108 valence electrons. The van der Waals surface area contributed by atoms with Crippen LogP contribution >= 0.6 is 11.3 Å². The minimum Gasteiger partial charge on any atom is -0.355 e. The number of aryl methyl sites for hydroxylation is 1. The highest BCUT2D eigenvalue weighted by molar-refractivity contribution is 7.09. The molecule has 4 nitrogen and oxygen atoms in total. The predicted molar refractivity (Wildman–Crippen MR) is 83.4 cm³/mol. The number of nitrogens with zero attached hydrogens (tertiary/aromatic N) is 3. The lowest BCUT2D eigenvalue weighted by molar-refractivity contribution is 0.356. The van der Waals surface area contributed by atoms with Crippen molar-refractivity contribution in [1.82, 2.24) is 14.5 Å². The van der Waals surface area contributed by atoms with Gasteiger partial charge in [-0.1, -0.05) is 19.3 Å². The minimum absolute atomic E-state index is 0.635. The summed E-state index contributed by atoms with van der Waals surface area (Å²) in [5, 5.41) is 6.78. The van der Waals surface area contributed by atoms with Crippen molar-refractivity contribution in [2.24, 2.45) is 0 Å². The van der Waals surface area contributed by atoms with Crippen molar-refractivity contribution in [2.75, 3.05) is 11.9 Å². The Morgan fingerprint density at radius 2 is 2.20 bits per heavy atom. The number of imidazole rings is 1. The molecule has 0 saturated heterocycles. The second-order valence-corrected chi connectivity index (χ2v) is 6.45. The number of hydrogen-bond donors (Lipinski definition) is 1. The van der Waals surface area contributed by atoms with Gasteiger partial charge in [-0.05, 0) is 19.8 Å². The molecule has 0 amide bonds. The summed E-state index contributed by atoms with van der Waals surface area (Å²) < 4.78 is 2.33. The van der Waals surface area contributed by atoms with Gasteiger partial charge in [-0.25, -0.2) is 9.97 Å². The Kier molecular flexibility index (Phi) is 4.35. The molecule has 2 aromatic rings. The van der Waals surface area contributed by atoms with Gasteiger partial charge in [0.25, 0.3) is 0 Å². The summed E-state index contributed by atoms with van der Waals surface area (Å²) >= 11 is 1.74. The summed E-state index contributed by atoms with van der Waals surface area (Å²) in [6, 6.07) is 0.635. The van der Waals surface area contributed by atoms with Crippen LogP contribution in [0.4, 0.5) is 5.95 Å². The Morgan fingerprint density at radius 3 is 2.95 bits per heavy atom. The average Bonchev–Trinajstić information content (AvgIpc) is 3.09. The molecule has 0 aromatic carbocycles. The fraction of sp³-hybridized carbons (Fsp3) is 0.600. The monoisotopic (exact) mass is 290 g/mol. The van der Waals surface area contributed by atoms with Crippen molar-refractivity contribution in [3.63, 3.8) is 0 Å². The molecule has 0 bridgehead atoms. The van der Waals surface area contributed by atoms with Crippen LogP contribution in [0.25, 0.3) is 0 Å². The van der Waals surface area contributed by atoms with Crippen molar-refractivity contribution in [3.8, 4) is 0 Å². The molecular weight excluding hydrogens is 268 g/mol. The zero-order valence-electron chi connectivity index (χ0n) is 12.0. The molecule has 2 heterocycles.